The van der Waals surface area contributed by atoms with Gasteiger partial charge < -0.3 is 0 Å². The molecular formula is C22H17N5O3. The van der Waals surface area contributed by atoms with E-state index in [2.05, 4.69) is 15.3 Å². The minimum Gasteiger partial charge on any atom is -0.293 e. The Kier molecular flexibility index (Phi) is 5.04. The van der Waals surface area contributed by atoms with Gasteiger partial charge in [-0.2, -0.15) is 0 Å². The van der Waals surface area contributed by atoms with E-state index in [1.54, 1.807) is 25.1 Å². The largest absolute Gasteiger partial charge is 0.299 e. The monoisotopic (exact) mass is 399 g/mol. The van der Waals surface area contributed by atoms with Gasteiger partial charge in [0.1, 0.15) is 0 Å². The predicted octanol–water partition coefficient (Wildman–Crippen LogP) is 5.46. The Morgan fingerprint density at radius 3 is 2.23 bits per heavy atom. The third kappa shape index (κ3) is 3.66. The van der Waals surface area contributed by atoms with Gasteiger partial charge in [-0.3, -0.25) is 20.0 Å². The number of nitrogens with zero attached hydrogens (tertiary/aromatic N) is 4. The number of nitro benzene ring substituents is 1. The zero-order chi connectivity index (χ0) is 21.1. The molecule has 4 rings (SSSR count). The molecule has 8 heteroatoms. The summed E-state index contributed by atoms with van der Waals surface area (Å²) in [5.74, 6) is 0. The highest BCUT2D eigenvalue weighted by atomic mass is 16.6. The summed E-state index contributed by atoms with van der Waals surface area (Å²) >= 11 is 0. The molecule has 1 aromatic heterocycles. The zero-order valence-electron chi connectivity index (χ0n) is 16.0. The minimum atomic E-state index is -0.507. The first kappa shape index (κ1) is 19.0. The standard InChI is InChI=1S/C22H17N5O3/c1-15-21(22(28)26(25-15)18-10-6-3-7-11-18)24-23-19-13-12-17(14-20(19)27(29)30)16-8-4-2-5-9-16/h2-14,25H,1H3. The molecule has 30 heavy (non-hydrogen) atoms. The summed E-state index contributed by atoms with van der Waals surface area (Å²) in [6.45, 7) is 1.70. The Morgan fingerprint density at radius 2 is 1.57 bits per heavy atom. The summed E-state index contributed by atoms with van der Waals surface area (Å²) < 4.78 is 1.36. The van der Waals surface area contributed by atoms with E-state index in [1.807, 2.05) is 48.5 Å². The van der Waals surface area contributed by atoms with Crippen LogP contribution in [0.3, 0.4) is 0 Å². The number of benzene rings is 3. The maximum atomic E-state index is 12.7. The summed E-state index contributed by atoms with van der Waals surface area (Å²) in [5, 5.41) is 22.6. The van der Waals surface area contributed by atoms with Gasteiger partial charge in [0.15, 0.2) is 11.4 Å². The van der Waals surface area contributed by atoms with Crippen LogP contribution in [-0.4, -0.2) is 14.7 Å². The van der Waals surface area contributed by atoms with Gasteiger partial charge in [-0.15, -0.1) is 10.2 Å². The number of para-hydroxylation sites is 1. The van der Waals surface area contributed by atoms with Gasteiger partial charge in [0, 0.05) is 6.07 Å². The lowest BCUT2D eigenvalue weighted by Crippen LogP contribution is -2.13. The summed E-state index contributed by atoms with van der Waals surface area (Å²) in [6.07, 6.45) is 0. The second-order valence-electron chi connectivity index (χ2n) is 6.59. The molecule has 8 nitrogen and oxygen atoms in total. The molecule has 0 aliphatic rings. The fraction of sp³-hybridized carbons (Fsp3) is 0.0455. The highest BCUT2D eigenvalue weighted by Crippen LogP contribution is 2.33. The van der Waals surface area contributed by atoms with Gasteiger partial charge in [0.2, 0.25) is 0 Å². The number of azo groups is 1. The van der Waals surface area contributed by atoms with Crippen LogP contribution in [0.4, 0.5) is 17.1 Å². The van der Waals surface area contributed by atoms with Gasteiger partial charge in [-0.25, -0.2) is 4.68 Å². The molecule has 0 radical (unpaired) electrons. The zero-order valence-corrected chi connectivity index (χ0v) is 16.0. The van der Waals surface area contributed by atoms with Crippen LogP contribution in [0.5, 0.6) is 0 Å². The van der Waals surface area contributed by atoms with Crippen LogP contribution in [0.15, 0.2) is 93.9 Å². The van der Waals surface area contributed by atoms with Crippen molar-refractivity contribution in [1.29, 1.82) is 0 Å². The molecule has 0 bridgehead atoms. The van der Waals surface area contributed by atoms with Crippen molar-refractivity contribution in [2.24, 2.45) is 10.2 Å². The molecule has 0 aliphatic heterocycles. The molecule has 0 aliphatic carbocycles. The van der Waals surface area contributed by atoms with Crippen LogP contribution >= 0.6 is 0 Å². The van der Waals surface area contributed by atoms with Crippen LogP contribution in [0.2, 0.25) is 0 Å². The van der Waals surface area contributed by atoms with Gasteiger partial charge in [0.25, 0.3) is 11.2 Å². The second kappa shape index (κ2) is 7.96. The summed E-state index contributed by atoms with van der Waals surface area (Å²) in [5.41, 5.74) is 2.33. The van der Waals surface area contributed by atoms with E-state index in [1.165, 1.54) is 16.8 Å². The van der Waals surface area contributed by atoms with E-state index in [-0.39, 0.29) is 22.6 Å². The molecule has 0 saturated carbocycles. The van der Waals surface area contributed by atoms with Gasteiger partial charge >= 0.3 is 0 Å². The quantitative estimate of drug-likeness (QED) is 0.273. The number of hydrogen-bond acceptors (Lipinski definition) is 5. The third-order valence-corrected chi connectivity index (χ3v) is 4.59. The lowest BCUT2D eigenvalue weighted by atomic mass is 10.0. The highest BCUT2D eigenvalue weighted by molar-refractivity contribution is 5.71. The summed E-state index contributed by atoms with van der Waals surface area (Å²) in [4.78, 5) is 23.8. The van der Waals surface area contributed by atoms with Crippen LogP contribution in [0.25, 0.3) is 16.8 Å². The molecule has 0 spiro atoms. The van der Waals surface area contributed by atoms with Crippen molar-refractivity contribution >= 4 is 17.1 Å². The molecule has 0 unspecified atom stereocenters. The molecule has 0 amide bonds. The second-order valence-corrected chi connectivity index (χ2v) is 6.59. The van der Waals surface area contributed by atoms with Crippen LogP contribution in [0, 0.1) is 17.0 Å². The number of hydrogen-bond donors (Lipinski definition) is 1. The number of nitrogens with one attached hydrogen (secondary N) is 1. The normalized spacial score (nSPS) is 11.1. The lowest BCUT2D eigenvalue weighted by Gasteiger charge is -2.03. The number of aryl methyl sites for hydroxylation is 1. The number of rotatable bonds is 5. The Hall–Kier alpha value is -4.33. The number of nitro groups is 1. The molecule has 4 aromatic rings. The molecule has 0 atom stereocenters. The molecule has 1 heterocycles. The van der Waals surface area contributed by atoms with E-state index in [0.717, 1.165) is 5.56 Å². The van der Waals surface area contributed by atoms with Gasteiger partial charge in [0.05, 0.1) is 16.3 Å². The van der Waals surface area contributed by atoms with Crippen molar-refractivity contribution < 1.29 is 4.92 Å². The van der Waals surface area contributed by atoms with Crippen LogP contribution in [-0.2, 0) is 0 Å². The number of aromatic nitrogens is 2. The van der Waals surface area contributed by atoms with Crippen LogP contribution < -0.4 is 5.56 Å². The smallest absolute Gasteiger partial charge is 0.293 e. The first-order chi connectivity index (χ1) is 14.5. The van der Waals surface area contributed by atoms with E-state index in [0.29, 0.717) is 16.9 Å². The van der Waals surface area contributed by atoms with E-state index >= 15 is 0 Å². The van der Waals surface area contributed by atoms with Crippen molar-refractivity contribution in [3.05, 3.63) is 105 Å². The minimum absolute atomic E-state index is 0.0749. The number of H-pyrrole nitrogens is 1. The first-order valence-corrected chi connectivity index (χ1v) is 9.17. The Labute approximate surface area is 171 Å². The fourth-order valence-corrected chi connectivity index (χ4v) is 3.08. The van der Waals surface area contributed by atoms with Crippen molar-refractivity contribution in [1.82, 2.24) is 9.78 Å². The Balaban J connectivity index is 1.72. The summed E-state index contributed by atoms with van der Waals surface area (Å²) in [7, 11) is 0. The Bertz CT molecular complexity index is 1290. The maximum absolute atomic E-state index is 12.7. The summed E-state index contributed by atoms with van der Waals surface area (Å²) in [6, 6.07) is 23.1. The van der Waals surface area contributed by atoms with Crippen molar-refractivity contribution in [3.8, 4) is 16.8 Å². The highest BCUT2D eigenvalue weighted by Gasteiger charge is 2.17. The molecule has 3 aromatic carbocycles. The molecule has 1 N–H and O–H groups in total. The van der Waals surface area contributed by atoms with Crippen LogP contribution in [0.1, 0.15) is 5.69 Å². The fourth-order valence-electron chi connectivity index (χ4n) is 3.08. The first-order valence-electron chi connectivity index (χ1n) is 9.17. The van der Waals surface area contributed by atoms with Gasteiger partial charge in [-0.1, -0.05) is 54.6 Å². The van der Waals surface area contributed by atoms with E-state index in [4.69, 9.17) is 0 Å². The topological polar surface area (TPSA) is 106 Å². The van der Waals surface area contributed by atoms with Crippen molar-refractivity contribution in [2.75, 3.05) is 0 Å². The Morgan fingerprint density at radius 1 is 0.900 bits per heavy atom. The predicted molar refractivity (Wildman–Crippen MR) is 114 cm³/mol. The van der Waals surface area contributed by atoms with Crippen molar-refractivity contribution in [2.45, 2.75) is 6.92 Å². The third-order valence-electron chi connectivity index (χ3n) is 4.59. The SMILES string of the molecule is Cc1[nH]n(-c2ccccc2)c(=O)c1N=Nc1ccc(-c2ccccc2)cc1[N+](=O)[O-]. The lowest BCUT2D eigenvalue weighted by molar-refractivity contribution is -0.384. The van der Waals surface area contributed by atoms with E-state index < -0.39 is 4.92 Å². The average molecular weight is 399 g/mol. The molecular weight excluding hydrogens is 382 g/mol. The van der Waals surface area contributed by atoms with E-state index in [9.17, 15) is 14.9 Å². The molecule has 0 saturated heterocycles. The molecule has 0 fully saturated rings. The van der Waals surface area contributed by atoms with Crippen molar-refractivity contribution in [3.63, 3.8) is 0 Å². The maximum Gasteiger partial charge on any atom is 0.299 e. The average Bonchev–Trinajstić information content (AvgIpc) is 3.06. The molecule has 148 valence electrons. The number of aromatic amines is 1. The van der Waals surface area contributed by atoms with Gasteiger partial charge in [-0.05, 0) is 36.2 Å².